The average molecular weight is 405 g/mol. The van der Waals surface area contributed by atoms with Crippen molar-refractivity contribution >= 4 is 40.9 Å². The van der Waals surface area contributed by atoms with Crippen LogP contribution in [0.4, 0.5) is 5.69 Å². The molecule has 0 aliphatic carbocycles. The number of ether oxygens (including phenoxy) is 1. The van der Waals surface area contributed by atoms with E-state index in [9.17, 15) is 9.59 Å². The number of carbonyl (C=O) groups is 2. The van der Waals surface area contributed by atoms with Crippen LogP contribution in [0.1, 0.15) is 12.8 Å². The van der Waals surface area contributed by atoms with Crippen LogP contribution in [-0.4, -0.2) is 37.3 Å². The summed E-state index contributed by atoms with van der Waals surface area (Å²) >= 11 is 7.64. The van der Waals surface area contributed by atoms with E-state index >= 15 is 0 Å². The molecule has 1 heterocycles. The predicted octanol–water partition coefficient (Wildman–Crippen LogP) is 3.75. The summed E-state index contributed by atoms with van der Waals surface area (Å²) in [7, 11) is 0. The molecule has 0 atom stereocenters. The highest BCUT2D eigenvalue weighted by atomic mass is 35.5. The van der Waals surface area contributed by atoms with E-state index in [4.69, 9.17) is 16.3 Å². The normalized spacial score (nSPS) is 13.0. The molecule has 0 aromatic heterocycles. The maximum absolute atomic E-state index is 12.5. The molecule has 0 spiro atoms. The van der Waals surface area contributed by atoms with Gasteiger partial charge in [-0.05, 0) is 30.3 Å². The van der Waals surface area contributed by atoms with Gasteiger partial charge in [0.1, 0.15) is 12.4 Å². The van der Waals surface area contributed by atoms with Crippen molar-refractivity contribution < 1.29 is 14.3 Å². The van der Waals surface area contributed by atoms with E-state index < -0.39 is 0 Å². The summed E-state index contributed by atoms with van der Waals surface area (Å²) in [5.74, 6) is 1.36. The summed E-state index contributed by atoms with van der Waals surface area (Å²) < 4.78 is 5.52. The molecular weight excluding hydrogens is 384 g/mol. The number of hydrogen-bond donors (Lipinski definition) is 1. The zero-order valence-corrected chi connectivity index (χ0v) is 16.4. The van der Waals surface area contributed by atoms with Crippen LogP contribution < -0.4 is 15.0 Å². The Morgan fingerprint density at radius 3 is 2.85 bits per heavy atom. The van der Waals surface area contributed by atoms with Gasteiger partial charge in [-0.25, -0.2) is 0 Å². The molecule has 1 N–H and O–H groups in total. The van der Waals surface area contributed by atoms with Crippen molar-refractivity contribution in [1.29, 1.82) is 0 Å². The van der Waals surface area contributed by atoms with Crippen molar-refractivity contribution in [2.45, 2.75) is 17.7 Å². The Hall–Kier alpha value is -2.18. The largest absolute Gasteiger partial charge is 0.492 e. The molecule has 2 amide bonds. The molecular formula is C20H21ClN2O3S. The van der Waals surface area contributed by atoms with Crippen molar-refractivity contribution in [3.05, 3.63) is 53.6 Å². The number of thioether (sulfide) groups is 1. The maximum Gasteiger partial charge on any atom is 0.227 e. The van der Waals surface area contributed by atoms with Gasteiger partial charge in [-0.2, -0.15) is 0 Å². The average Bonchev–Trinajstić information content (AvgIpc) is 2.69. The molecule has 142 valence electrons. The first-order chi connectivity index (χ1) is 13.1. The highest BCUT2D eigenvalue weighted by Gasteiger charge is 2.22. The second kappa shape index (κ2) is 9.67. The van der Waals surface area contributed by atoms with Gasteiger partial charge in [0.15, 0.2) is 0 Å². The highest BCUT2D eigenvalue weighted by Crippen LogP contribution is 2.34. The molecule has 3 rings (SSSR count). The van der Waals surface area contributed by atoms with Crippen molar-refractivity contribution in [3.8, 4) is 5.75 Å². The monoisotopic (exact) mass is 404 g/mol. The van der Waals surface area contributed by atoms with E-state index in [-0.39, 0.29) is 24.7 Å². The minimum atomic E-state index is -0.155. The third kappa shape index (κ3) is 5.65. The Morgan fingerprint density at radius 2 is 2.00 bits per heavy atom. The summed E-state index contributed by atoms with van der Waals surface area (Å²) in [6.07, 6.45) is 0.363. The van der Waals surface area contributed by atoms with E-state index in [1.807, 2.05) is 24.3 Å². The lowest BCUT2D eigenvalue weighted by atomic mass is 10.2. The number of fused-ring (bicyclic) bond motifs is 1. The summed E-state index contributed by atoms with van der Waals surface area (Å²) in [5.41, 5.74) is 0.939. The third-order valence-corrected chi connectivity index (χ3v) is 5.36. The second-order valence-electron chi connectivity index (χ2n) is 6.02. The lowest BCUT2D eigenvalue weighted by molar-refractivity contribution is -0.125. The number of benzene rings is 2. The number of carbonyl (C=O) groups excluding carboxylic acids is 2. The number of rotatable bonds is 7. The van der Waals surface area contributed by atoms with E-state index in [0.717, 1.165) is 16.3 Å². The van der Waals surface area contributed by atoms with Crippen LogP contribution in [0.15, 0.2) is 53.4 Å². The molecule has 1 aliphatic rings. The van der Waals surface area contributed by atoms with Crippen molar-refractivity contribution in [3.63, 3.8) is 0 Å². The van der Waals surface area contributed by atoms with Crippen LogP contribution in [0.2, 0.25) is 5.02 Å². The summed E-state index contributed by atoms with van der Waals surface area (Å²) in [6.45, 7) is 1.40. The zero-order chi connectivity index (χ0) is 19.1. The first-order valence-corrected chi connectivity index (χ1v) is 10.2. The minimum absolute atomic E-state index is 0.0203. The molecule has 2 aromatic carbocycles. The van der Waals surface area contributed by atoms with Crippen LogP contribution in [-0.2, 0) is 9.59 Å². The van der Waals surface area contributed by atoms with Gasteiger partial charge in [-0.15, -0.1) is 11.8 Å². The lowest BCUT2D eigenvalue weighted by Crippen LogP contribution is -2.36. The molecule has 0 bridgehead atoms. The van der Waals surface area contributed by atoms with Gasteiger partial charge >= 0.3 is 0 Å². The van der Waals surface area contributed by atoms with Crippen LogP contribution in [0, 0.1) is 0 Å². The zero-order valence-electron chi connectivity index (χ0n) is 14.8. The van der Waals surface area contributed by atoms with Gasteiger partial charge < -0.3 is 15.0 Å². The summed E-state index contributed by atoms with van der Waals surface area (Å²) in [4.78, 5) is 27.4. The number of para-hydroxylation sites is 1. The third-order valence-electron chi connectivity index (χ3n) is 4.08. The van der Waals surface area contributed by atoms with E-state index in [1.54, 1.807) is 40.9 Å². The van der Waals surface area contributed by atoms with Crippen LogP contribution in [0.3, 0.4) is 0 Å². The van der Waals surface area contributed by atoms with E-state index in [2.05, 4.69) is 5.32 Å². The molecule has 7 heteroatoms. The minimum Gasteiger partial charge on any atom is -0.492 e. The Kier molecular flexibility index (Phi) is 7.01. The highest BCUT2D eigenvalue weighted by molar-refractivity contribution is 7.99. The standard InChI is InChI=1S/C20H21ClN2O3S/c21-15-4-3-5-16(14-15)26-12-10-22-19(24)8-9-20(25)23-11-13-27-18-7-2-1-6-17(18)23/h1-7,14H,8-13H2,(H,22,24). The van der Waals surface area contributed by atoms with Crippen molar-refractivity contribution in [1.82, 2.24) is 5.32 Å². The molecule has 2 aromatic rings. The second-order valence-corrected chi connectivity index (χ2v) is 7.59. The Morgan fingerprint density at radius 1 is 1.15 bits per heavy atom. The van der Waals surface area contributed by atoms with Gasteiger partial charge in [-0.3, -0.25) is 9.59 Å². The smallest absolute Gasteiger partial charge is 0.227 e. The Balaban J connectivity index is 1.39. The lowest BCUT2D eigenvalue weighted by Gasteiger charge is -2.29. The van der Waals surface area contributed by atoms with E-state index in [1.165, 1.54) is 0 Å². The first kappa shape index (κ1) is 19.6. The SMILES string of the molecule is O=C(CCC(=O)N1CCSc2ccccc21)NCCOc1cccc(Cl)c1. The molecule has 5 nitrogen and oxygen atoms in total. The molecule has 0 saturated heterocycles. The predicted molar refractivity (Wildman–Crippen MR) is 109 cm³/mol. The molecule has 27 heavy (non-hydrogen) atoms. The Bertz CT molecular complexity index is 815. The Labute approximate surface area is 168 Å². The number of nitrogens with one attached hydrogen (secondary N) is 1. The molecule has 0 unspecified atom stereocenters. The molecule has 0 fully saturated rings. The topological polar surface area (TPSA) is 58.6 Å². The fourth-order valence-electron chi connectivity index (χ4n) is 2.79. The molecule has 0 radical (unpaired) electrons. The number of amides is 2. The first-order valence-electron chi connectivity index (χ1n) is 8.81. The summed E-state index contributed by atoms with van der Waals surface area (Å²) in [6, 6.07) is 15.0. The molecule has 0 saturated carbocycles. The molecule has 1 aliphatic heterocycles. The fraction of sp³-hybridized carbons (Fsp3) is 0.300. The van der Waals surface area contributed by atoms with Crippen LogP contribution >= 0.6 is 23.4 Å². The fourth-order valence-corrected chi connectivity index (χ4v) is 3.96. The van der Waals surface area contributed by atoms with Gasteiger partial charge in [0.2, 0.25) is 11.8 Å². The van der Waals surface area contributed by atoms with Gasteiger partial charge in [0.25, 0.3) is 0 Å². The van der Waals surface area contributed by atoms with Crippen molar-refractivity contribution in [2.24, 2.45) is 0 Å². The number of halogens is 1. The maximum atomic E-state index is 12.5. The van der Waals surface area contributed by atoms with Gasteiger partial charge in [0, 0.05) is 35.1 Å². The van der Waals surface area contributed by atoms with Crippen molar-refractivity contribution in [2.75, 3.05) is 30.3 Å². The van der Waals surface area contributed by atoms with Crippen LogP contribution in [0.25, 0.3) is 0 Å². The summed E-state index contributed by atoms with van der Waals surface area (Å²) in [5, 5.41) is 3.38. The number of nitrogens with zero attached hydrogens (tertiary/aromatic N) is 1. The number of hydrogen-bond acceptors (Lipinski definition) is 4. The quantitative estimate of drug-likeness (QED) is 0.714. The van der Waals surface area contributed by atoms with Gasteiger partial charge in [0.05, 0.1) is 12.2 Å². The van der Waals surface area contributed by atoms with E-state index in [0.29, 0.717) is 30.5 Å². The van der Waals surface area contributed by atoms with Gasteiger partial charge in [-0.1, -0.05) is 29.8 Å². The van der Waals surface area contributed by atoms with Crippen LogP contribution in [0.5, 0.6) is 5.75 Å². The number of anilines is 1.